The van der Waals surface area contributed by atoms with E-state index in [2.05, 4.69) is 5.32 Å². The summed E-state index contributed by atoms with van der Waals surface area (Å²) in [6, 6.07) is 18.7. The Balaban J connectivity index is 1.87. The lowest BCUT2D eigenvalue weighted by atomic mass is 10.1. The van der Waals surface area contributed by atoms with Crippen LogP contribution in [0.5, 0.6) is 0 Å². The third-order valence-corrected chi connectivity index (χ3v) is 7.04. The normalized spacial score (nSPS) is 11.1. The van der Waals surface area contributed by atoms with Crippen LogP contribution in [-0.2, 0) is 21.2 Å². The summed E-state index contributed by atoms with van der Waals surface area (Å²) in [5, 5.41) is 13.8. The van der Waals surface area contributed by atoms with Crippen molar-refractivity contribution in [3.63, 3.8) is 0 Å². The van der Waals surface area contributed by atoms with E-state index in [1.807, 2.05) is 0 Å². The molecule has 32 heavy (non-hydrogen) atoms. The molecule has 0 bridgehead atoms. The SMILES string of the molecule is CCN(c1ccccc1)S(=O)(=O)c1cc(NC(=O)Cc2ccccc2[N+](=O)[O-])ccc1Cl. The van der Waals surface area contributed by atoms with Crippen molar-refractivity contribution in [2.24, 2.45) is 0 Å². The second-order valence-electron chi connectivity index (χ2n) is 6.76. The van der Waals surface area contributed by atoms with E-state index in [0.29, 0.717) is 5.69 Å². The van der Waals surface area contributed by atoms with E-state index in [1.54, 1.807) is 43.3 Å². The number of nitrogens with zero attached hydrogens (tertiary/aromatic N) is 2. The Kier molecular flexibility index (Phi) is 7.12. The molecule has 8 nitrogen and oxygen atoms in total. The Bertz CT molecular complexity index is 1250. The van der Waals surface area contributed by atoms with Crippen molar-refractivity contribution in [1.82, 2.24) is 0 Å². The number of halogens is 1. The van der Waals surface area contributed by atoms with Crippen LogP contribution in [0.4, 0.5) is 17.1 Å². The number of sulfonamides is 1. The lowest BCUT2D eigenvalue weighted by Crippen LogP contribution is -2.31. The summed E-state index contributed by atoms with van der Waals surface area (Å²) in [7, 11) is -4.01. The molecule has 0 radical (unpaired) electrons. The van der Waals surface area contributed by atoms with E-state index in [1.165, 1.54) is 40.7 Å². The van der Waals surface area contributed by atoms with Gasteiger partial charge in [-0.05, 0) is 37.3 Å². The molecule has 3 aromatic rings. The first-order chi connectivity index (χ1) is 15.2. The van der Waals surface area contributed by atoms with E-state index in [9.17, 15) is 23.3 Å². The molecule has 0 aliphatic heterocycles. The summed E-state index contributed by atoms with van der Waals surface area (Å²) in [4.78, 5) is 22.9. The highest BCUT2D eigenvalue weighted by molar-refractivity contribution is 7.93. The lowest BCUT2D eigenvalue weighted by molar-refractivity contribution is -0.385. The number of amides is 1. The molecule has 0 fully saturated rings. The van der Waals surface area contributed by atoms with Gasteiger partial charge in [-0.1, -0.05) is 48.0 Å². The Morgan fingerprint density at radius 2 is 1.72 bits per heavy atom. The second-order valence-corrected chi connectivity index (χ2v) is 9.00. The molecule has 1 N–H and O–H groups in total. The van der Waals surface area contributed by atoms with Gasteiger partial charge in [0, 0.05) is 23.9 Å². The van der Waals surface area contributed by atoms with Gasteiger partial charge in [-0.2, -0.15) is 0 Å². The van der Waals surface area contributed by atoms with E-state index >= 15 is 0 Å². The summed E-state index contributed by atoms with van der Waals surface area (Å²) in [6.07, 6.45) is -0.243. The third-order valence-electron chi connectivity index (χ3n) is 4.65. The van der Waals surface area contributed by atoms with Gasteiger partial charge in [0.25, 0.3) is 15.7 Å². The van der Waals surface area contributed by atoms with Gasteiger partial charge >= 0.3 is 0 Å². The fraction of sp³-hybridized carbons (Fsp3) is 0.136. The molecule has 166 valence electrons. The number of carbonyl (C=O) groups excluding carboxylic acids is 1. The van der Waals surface area contributed by atoms with Crippen LogP contribution in [0.2, 0.25) is 5.02 Å². The average Bonchev–Trinajstić information content (AvgIpc) is 2.76. The maximum absolute atomic E-state index is 13.3. The number of benzene rings is 3. The fourth-order valence-corrected chi connectivity index (χ4v) is 5.18. The summed E-state index contributed by atoms with van der Waals surface area (Å²) < 4.78 is 27.8. The van der Waals surface area contributed by atoms with Crippen LogP contribution in [0.15, 0.2) is 77.7 Å². The summed E-state index contributed by atoms with van der Waals surface area (Å²) in [6.45, 7) is 1.88. The number of nitro benzene ring substituents is 1. The molecule has 0 unspecified atom stereocenters. The van der Waals surface area contributed by atoms with Gasteiger partial charge in [0.1, 0.15) is 4.90 Å². The molecule has 0 saturated carbocycles. The fourth-order valence-electron chi connectivity index (χ4n) is 3.20. The number of hydrogen-bond acceptors (Lipinski definition) is 5. The van der Waals surface area contributed by atoms with Gasteiger partial charge in [-0.15, -0.1) is 0 Å². The minimum Gasteiger partial charge on any atom is -0.326 e. The predicted octanol–water partition coefficient (Wildman–Crippen LogP) is 4.64. The summed E-state index contributed by atoms with van der Waals surface area (Å²) in [5.74, 6) is -0.527. The van der Waals surface area contributed by atoms with Gasteiger partial charge in [-0.25, -0.2) is 8.42 Å². The van der Waals surface area contributed by atoms with Gasteiger partial charge in [-0.3, -0.25) is 19.2 Å². The molecule has 10 heteroatoms. The minimum atomic E-state index is -4.01. The maximum atomic E-state index is 13.3. The highest BCUT2D eigenvalue weighted by atomic mass is 35.5. The van der Waals surface area contributed by atoms with E-state index in [-0.39, 0.29) is 39.8 Å². The number of rotatable bonds is 8. The highest BCUT2D eigenvalue weighted by Gasteiger charge is 2.26. The molecule has 0 saturated heterocycles. The monoisotopic (exact) mass is 473 g/mol. The Morgan fingerprint density at radius 3 is 2.38 bits per heavy atom. The number of carbonyl (C=O) groups is 1. The molecule has 0 atom stereocenters. The molecule has 0 aliphatic carbocycles. The van der Waals surface area contributed by atoms with Crippen molar-refractivity contribution in [2.75, 3.05) is 16.2 Å². The van der Waals surface area contributed by atoms with Crippen molar-refractivity contribution in [2.45, 2.75) is 18.2 Å². The Labute approximate surface area is 190 Å². The topological polar surface area (TPSA) is 110 Å². The molecule has 0 heterocycles. The van der Waals surface area contributed by atoms with Gasteiger partial charge in [0.15, 0.2) is 0 Å². The smallest absolute Gasteiger partial charge is 0.273 e. The van der Waals surface area contributed by atoms with Crippen molar-refractivity contribution in [1.29, 1.82) is 0 Å². The molecule has 0 aromatic heterocycles. The van der Waals surface area contributed by atoms with Gasteiger partial charge in [0.05, 0.1) is 22.1 Å². The average molecular weight is 474 g/mol. The largest absolute Gasteiger partial charge is 0.326 e. The van der Waals surface area contributed by atoms with Crippen molar-refractivity contribution in [3.05, 3.63) is 93.5 Å². The molecule has 3 rings (SSSR count). The summed E-state index contributed by atoms with van der Waals surface area (Å²) >= 11 is 6.20. The van der Waals surface area contributed by atoms with E-state index in [4.69, 9.17) is 11.6 Å². The lowest BCUT2D eigenvalue weighted by Gasteiger charge is -2.23. The van der Waals surface area contributed by atoms with Crippen LogP contribution in [0.25, 0.3) is 0 Å². The van der Waals surface area contributed by atoms with Crippen LogP contribution in [-0.4, -0.2) is 25.8 Å². The number of hydrogen-bond donors (Lipinski definition) is 1. The standard InChI is InChI=1S/C22H20ClN3O5S/c1-2-25(18-9-4-3-5-10-18)32(30,31)21-15-17(12-13-19(21)23)24-22(27)14-16-8-6-7-11-20(16)26(28)29/h3-13,15H,2,14H2,1H3,(H,24,27). The molecular weight excluding hydrogens is 454 g/mol. The summed E-state index contributed by atoms with van der Waals surface area (Å²) in [5.41, 5.74) is 0.777. The number of anilines is 2. The quantitative estimate of drug-likeness (QED) is 0.378. The number of nitro groups is 1. The van der Waals surface area contributed by atoms with Crippen molar-refractivity contribution in [3.8, 4) is 0 Å². The van der Waals surface area contributed by atoms with E-state index in [0.717, 1.165) is 0 Å². The molecule has 0 spiro atoms. The van der Waals surface area contributed by atoms with Crippen LogP contribution in [0.1, 0.15) is 12.5 Å². The molecule has 0 aliphatic rings. The molecule has 1 amide bonds. The van der Waals surface area contributed by atoms with Crippen molar-refractivity contribution < 1.29 is 18.1 Å². The van der Waals surface area contributed by atoms with Crippen LogP contribution in [0, 0.1) is 10.1 Å². The zero-order valence-corrected chi connectivity index (χ0v) is 18.6. The first-order valence-corrected chi connectivity index (χ1v) is 11.5. The Morgan fingerprint density at radius 1 is 1.06 bits per heavy atom. The van der Waals surface area contributed by atoms with Crippen molar-refractivity contribution >= 4 is 44.6 Å². The second kappa shape index (κ2) is 9.80. The van der Waals surface area contributed by atoms with Crippen LogP contribution >= 0.6 is 11.6 Å². The number of para-hydroxylation sites is 2. The zero-order valence-electron chi connectivity index (χ0n) is 17.1. The minimum absolute atomic E-state index is 0.0103. The third kappa shape index (κ3) is 5.06. The zero-order chi connectivity index (χ0) is 23.3. The Hall–Kier alpha value is -3.43. The molecular formula is C22H20ClN3O5S. The van der Waals surface area contributed by atoms with E-state index < -0.39 is 20.9 Å². The maximum Gasteiger partial charge on any atom is 0.273 e. The first kappa shape index (κ1) is 23.2. The highest BCUT2D eigenvalue weighted by Crippen LogP contribution is 2.30. The van der Waals surface area contributed by atoms with Crippen LogP contribution < -0.4 is 9.62 Å². The predicted molar refractivity (Wildman–Crippen MR) is 124 cm³/mol. The molecule has 3 aromatic carbocycles. The van der Waals surface area contributed by atoms with Gasteiger partial charge in [0.2, 0.25) is 5.91 Å². The first-order valence-electron chi connectivity index (χ1n) is 9.63. The van der Waals surface area contributed by atoms with Crippen LogP contribution in [0.3, 0.4) is 0 Å². The number of nitrogens with one attached hydrogen (secondary N) is 1. The van der Waals surface area contributed by atoms with Gasteiger partial charge < -0.3 is 5.32 Å².